The zero-order valence-corrected chi connectivity index (χ0v) is 11.3. The fourth-order valence-corrected chi connectivity index (χ4v) is 2.28. The Kier molecular flexibility index (Phi) is 4.55. The molecule has 0 amide bonds. The van der Waals surface area contributed by atoms with E-state index in [1.165, 1.54) is 5.38 Å². The Bertz CT molecular complexity index is 418. The molecule has 0 spiro atoms. The normalized spacial score (nSPS) is 12.8. The first-order valence-electron chi connectivity index (χ1n) is 5.53. The van der Waals surface area contributed by atoms with Crippen molar-refractivity contribution in [2.45, 2.75) is 38.9 Å². The molecule has 18 heavy (non-hydrogen) atoms. The van der Waals surface area contributed by atoms with Crippen LogP contribution in [0.3, 0.4) is 0 Å². The molecule has 0 unspecified atom stereocenters. The summed E-state index contributed by atoms with van der Waals surface area (Å²) in [7, 11) is 0. The lowest BCUT2D eigenvalue weighted by Crippen LogP contribution is -2.37. The number of carbonyl (C=O) groups is 1. The lowest BCUT2D eigenvalue weighted by atomic mass is 10.1. The number of nitrogens with one attached hydrogen (secondary N) is 1. The lowest BCUT2D eigenvalue weighted by Gasteiger charge is -2.20. The van der Waals surface area contributed by atoms with Gasteiger partial charge in [-0.05, 0) is 20.8 Å². The van der Waals surface area contributed by atoms with E-state index >= 15 is 0 Å². The summed E-state index contributed by atoms with van der Waals surface area (Å²) in [6.07, 6.45) is -4.39. The monoisotopic (exact) mass is 279 g/mol. The molecule has 0 saturated carbocycles. The minimum absolute atomic E-state index is 0.0666. The van der Waals surface area contributed by atoms with Gasteiger partial charge in [-0.2, -0.15) is 24.5 Å². The Hall–Kier alpha value is -0.880. The first kappa shape index (κ1) is 15.2. The zero-order chi connectivity index (χ0) is 14.0. The number of hydrogen-bond donors (Lipinski definition) is 1. The number of hydrogen-bond acceptors (Lipinski definition) is 3. The Labute approximate surface area is 108 Å². The molecule has 1 N–H and O–H groups in total. The van der Waals surface area contributed by atoms with Gasteiger partial charge in [0.1, 0.15) is 0 Å². The summed E-state index contributed by atoms with van der Waals surface area (Å²) in [6, 6.07) is 0. The highest BCUT2D eigenvalue weighted by molar-refractivity contribution is 7.08. The van der Waals surface area contributed by atoms with Crippen molar-refractivity contribution in [2.75, 3.05) is 6.54 Å². The van der Waals surface area contributed by atoms with Crippen LogP contribution >= 0.6 is 11.3 Å². The van der Waals surface area contributed by atoms with Crippen LogP contribution in [0.2, 0.25) is 0 Å². The molecule has 0 atom stereocenters. The van der Waals surface area contributed by atoms with Gasteiger partial charge in [0, 0.05) is 34.8 Å². The summed E-state index contributed by atoms with van der Waals surface area (Å²) in [6.45, 7) is 6.17. The molecule has 0 bridgehead atoms. The summed E-state index contributed by atoms with van der Waals surface area (Å²) >= 11 is 0.899. The standard InChI is InChI=1S/C12H16F3NOS/c1-11(2,3)16-5-4-10(17)8-6-18-7-9(8)12(13,14)15/h6-7,16H,4-5H2,1-3H3. The SMILES string of the molecule is CC(C)(C)NCCC(=O)c1cscc1C(F)(F)F. The van der Waals surface area contributed by atoms with E-state index in [1.807, 2.05) is 20.8 Å². The highest BCUT2D eigenvalue weighted by Crippen LogP contribution is 2.34. The first-order chi connectivity index (χ1) is 8.11. The van der Waals surface area contributed by atoms with E-state index < -0.39 is 17.5 Å². The van der Waals surface area contributed by atoms with Gasteiger partial charge in [0.2, 0.25) is 0 Å². The van der Waals surface area contributed by atoms with Crippen LogP contribution in [-0.2, 0) is 6.18 Å². The van der Waals surface area contributed by atoms with Gasteiger partial charge in [-0.1, -0.05) is 0 Å². The molecule has 0 fully saturated rings. The Balaban J connectivity index is 2.66. The maximum Gasteiger partial charge on any atom is 0.417 e. The van der Waals surface area contributed by atoms with Gasteiger partial charge in [0.15, 0.2) is 5.78 Å². The van der Waals surface area contributed by atoms with Crippen LogP contribution in [0.4, 0.5) is 13.2 Å². The van der Waals surface area contributed by atoms with Crippen molar-refractivity contribution in [1.82, 2.24) is 5.32 Å². The maximum absolute atomic E-state index is 12.6. The molecular formula is C12H16F3NOS. The third kappa shape index (κ3) is 4.42. The van der Waals surface area contributed by atoms with E-state index in [2.05, 4.69) is 5.32 Å². The van der Waals surface area contributed by atoms with Crippen molar-refractivity contribution in [3.63, 3.8) is 0 Å². The van der Waals surface area contributed by atoms with Gasteiger partial charge in [-0.25, -0.2) is 0 Å². The number of halogens is 3. The van der Waals surface area contributed by atoms with Crippen LogP contribution in [0.1, 0.15) is 43.1 Å². The molecule has 0 saturated heterocycles. The second kappa shape index (κ2) is 5.40. The Morgan fingerprint density at radius 1 is 1.28 bits per heavy atom. The van der Waals surface area contributed by atoms with Gasteiger partial charge in [-0.15, -0.1) is 0 Å². The van der Waals surface area contributed by atoms with E-state index in [-0.39, 0.29) is 17.5 Å². The molecule has 1 aromatic heterocycles. The number of carbonyl (C=O) groups excluding carboxylic acids is 1. The lowest BCUT2D eigenvalue weighted by molar-refractivity contribution is -0.137. The van der Waals surface area contributed by atoms with Gasteiger partial charge < -0.3 is 5.32 Å². The average molecular weight is 279 g/mol. The van der Waals surface area contributed by atoms with E-state index in [1.54, 1.807) is 0 Å². The maximum atomic E-state index is 12.6. The third-order valence-electron chi connectivity index (χ3n) is 2.28. The summed E-state index contributed by atoms with van der Waals surface area (Å²) < 4.78 is 37.8. The molecule has 2 nitrogen and oxygen atoms in total. The molecule has 1 aromatic rings. The van der Waals surface area contributed by atoms with Gasteiger partial charge >= 0.3 is 6.18 Å². The van der Waals surface area contributed by atoms with Crippen LogP contribution in [0.5, 0.6) is 0 Å². The topological polar surface area (TPSA) is 29.1 Å². The molecule has 0 aliphatic carbocycles. The quantitative estimate of drug-likeness (QED) is 0.851. The van der Waals surface area contributed by atoms with Crippen molar-refractivity contribution in [1.29, 1.82) is 0 Å². The molecular weight excluding hydrogens is 263 g/mol. The molecule has 0 aliphatic rings. The largest absolute Gasteiger partial charge is 0.417 e. The highest BCUT2D eigenvalue weighted by Gasteiger charge is 2.35. The number of rotatable bonds is 4. The summed E-state index contributed by atoms with van der Waals surface area (Å²) in [5.41, 5.74) is -1.20. The molecule has 0 aliphatic heterocycles. The minimum atomic E-state index is -4.46. The molecule has 102 valence electrons. The summed E-state index contributed by atoms with van der Waals surface area (Å²) in [5.74, 6) is -0.472. The van der Waals surface area contributed by atoms with Crippen molar-refractivity contribution in [2.24, 2.45) is 0 Å². The van der Waals surface area contributed by atoms with Crippen LogP contribution in [-0.4, -0.2) is 17.9 Å². The number of ketones is 1. The smallest absolute Gasteiger partial charge is 0.312 e. The first-order valence-corrected chi connectivity index (χ1v) is 6.47. The average Bonchev–Trinajstić information content (AvgIpc) is 2.62. The second-order valence-electron chi connectivity index (χ2n) is 5.05. The Morgan fingerprint density at radius 3 is 2.39 bits per heavy atom. The summed E-state index contributed by atoms with van der Waals surface area (Å²) in [4.78, 5) is 11.7. The van der Waals surface area contributed by atoms with Crippen LogP contribution < -0.4 is 5.32 Å². The predicted molar refractivity (Wildman–Crippen MR) is 66.0 cm³/mol. The highest BCUT2D eigenvalue weighted by atomic mass is 32.1. The second-order valence-corrected chi connectivity index (χ2v) is 5.79. The van der Waals surface area contributed by atoms with E-state index in [9.17, 15) is 18.0 Å². The van der Waals surface area contributed by atoms with E-state index in [0.717, 1.165) is 16.7 Å². The molecule has 1 rings (SSSR count). The predicted octanol–water partition coefficient (Wildman–Crippen LogP) is 3.73. The van der Waals surface area contributed by atoms with Crippen LogP contribution in [0.15, 0.2) is 10.8 Å². The van der Waals surface area contributed by atoms with E-state index in [0.29, 0.717) is 6.54 Å². The Morgan fingerprint density at radius 2 is 1.89 bits per heavy atom. The third-order valence-corrected chi connectivity index (χ3v) is 3.02. The van der Waals surface area contributed by atoms with Gasteiger partial charge in [-0.3, -0.25) is 4.79 Å². The number of Topliss-reactive ketones (excluding diaryl/α,β-unsaturated/α-hetero) is 1. The molecule has 1 heterocycles. The van der Waals surface area contributed by atoms with Crippen LogP contribution in [0, 0.1) is 0 Å². The van der Waals surface area contributed by atoms with Gasteiger partial charge in [0.25, 0.3) is 0 Å². The van der Waals surface area contributed by atoms with Crippen LogP contribution in [0.25, 0.3) is 0 Å². The fraction of sp³-hybridized carbons (Fsp3) is 0.583. The molecule has 0 radical (unpaired) electrons. The van der Waals surface area contributed by atoms with Crippen molar-refractivity contribution >= 4 is 17.1 Å². The van der Waals surface area contributed by atoms with Crippen molar-refractivity contribution in [3.05, 3.63) is 21.9 Å². The zero-order valence-electron chi connectivity index (χ0n) is 10.5. The van der Waals surface area contributed by atoms with E-state index in [4.69, 9.17) is 0 Å². The van der Waals surface area contributed by atoms with Crippen molar-refractivity contribution in [3.8, 4) is 0 Å². The van der Waals surface area contributed by atoms with Crippen molar-refractivity contribution < 1.29 is 18.0 Å². The summed E-state index contributed by atoms with van der Waals surface area (Å²) in [5, 5.41) is 5.32. The number of thiophene rings is 1. The number of alkyl halides is 3. The molecule has 0 aromatic carbocycles. The molecule has 6 heteroatoms. The van der Waals surface area contributed by atoms with Gasteiger partial charge in [0.05, 0.1) is 5.56 Å². The fourth-order valence-electron chi connectivity index (χ4n) is 1.42. The minimum Gasteiger partial charge on any atom is -0.312 e.